The lowest BCUT2D eigenvalue weighted by atomic mass is 9.88. The number of H-pyrrole nitrogens is 1. The fourth-order valence-corrected chi connectivity index (χ4v) is 3.18. The van der Waals surface area contributed by atoms with Gasteiger partial charge in [-0.1, -0.05) is 41.9 Å². The second-order valence-electron chi connectivity index (χ2n) is 6.32. The van der Waals surface area contributed by atoms with Crippen molar-refractivity contribution < 1.29 is 4.79 Å². The summed E-state index contributed by atoms with van der Waals surface area (Å²) in [5.41, 5.74) is 3.30. The van der Waals surface area contributed by atoms with E-state index in [0.717, 1.165) is 22.0 Å². The second kappa shape index (κ2) is 7.10. The van der Waals surface area contributed by atoms with Gasteiger partial charge in [-0.3, -0.25) is 4.79 Å². The summed E-state index contributed by atoms with van der Waals surface area (Å²) in [4.78, 5) is 15.7. The molecule has 0 fully saturated rings. The first-order chi connectivity index (χ1) is 11.5. The zero-order valence-electron chi connectivity index (χ0n) is 13.8. The fourth-order valence-electron chi connectivity index (χ4n) is 3.05. The molecule has 0 radical (unpaired) electrons. The highest BCUT2D eigenvalue weighted by molar-refractivity contribution is 6.30. The van der Waals surface area contributed by atoms with Gasteiger partial charge in [-0.15, -0.1) is 0 Å². The molecule has 124 valence electrons. The van der Waals surface area contributed by atoms with Crippen molar-refractivity contribution in [2.75, 3.05) is 0 Å². The maximum Gasteiger partial charge on any atom is 0.221 e. The Hall–Kier alpha value is -2.26. The van der Waals surface area contributed by atoms with Crippen LogP contribution in [0.3, 0.4) is 0 Å². The van der Waals surface area contributed by atoms with Gasteiger partial charge in [0, 0.05) is 40.5 Å². The third-order valence-corrected chi connectivity index (χ3v) is 4.36. The number of aromatic amines is 1. The number of carbonyl (C=O) groups excluding carboxylic acids is 1. The van der Waals surface area contributed by atoms with Gasteiger partial charge in [-0.2, -0.15) is 0 Å². The number of halogens is 1. The Balaban J connectivity index is 2.01. The number of carbonyl (C=O) groups is 1. The summed E-state index contributed by atoms with van der Waals surface area (Å²) >= 11 is 6.03. The summed E-state index contributed by atoms with van der Waals surface area (Å²) in [5.74, 6) is 0.0346. The van der Waals surface area contributed by atoms with E-state index in [9.17, 15) is 4.79 Å². The Bertz CT molecular complexity index is 836. The lowest BCUT2D eigenvalue weighted by molar-refractivity contribution is -0.121. The van der Waals surface area contributed by atoms with Crippen molar-refractivity contribution in [3.63, 3.8) is 0 Å². The summed E-state index contributed by atoms with van der Waals surface area (Å²) in [5, 5.41) is 4.83. The van der Waals surface area contributed by atoms with Crippen molar-refractivity contribution in [3.05, 3.63) is 70.9 Å². The standard InChI is InChI=1S/C20H21ClN2O/c1-13(2)23-20(24)11-17(14-7-9-15(21)10-8-14)18-12-22-19-6-4-3-5-16(18)19/h3-10,12-13,17,22H,11H2,1-2H3,(H,23,24)/t17-/m0/s1. The number of para-hydroxylation sites is 1. The van der Waals surface area contributed by atoms with E-state index in [1.807, 2.05) is 62.5 Å². The number of benzene rings is 2. The maximum atomic E-state index is 12.4. The van der Waals surface area contributed by atoms with E-state index in [1.54, 1.807) is 0 Å². The zero-order valence-corrected chi connectivity index (χ0v) is 14.6. The molecule has 0 aliphatic heterocycles. The van der Waals surface area contributed by atoms with Gasteiger partial charge in [-0.25, -0.2) is 0 Å². The highest BCUT2D eigenvalue weighted by Crippen LogP contribution is 2.33. The van der Waals surface area contributed by atoms with Gasteiger partial charge in [0.2, 0.25) is 5.91 Å². The third-order valence-electron chi connectivity index (χ3n) is 4.11. The van der Waals surface area contributed by atoms with Gasteiger partial charge in [0.1, 0.15) is 0 Å². The molecule has 0 saturated heterocycles. The Labute approximate surface area is 147 Å². The molecule has 1 aromatic heterocycles. The van der Waals surface area contributed by atoms with Gasteiger partial charge in [-0.05, 0) is 43.2 Å². The van der Waals surface area contributed by atoms with Crippen LogP contribution in [0.4, 0.5) is 0 Å². The molecule has 0 spiro atoms. The van der Waals surface area contributed by atoms with Crippen molar-refractivity contribution in [2.24, 2.45) is 0 Å². The van der Waals surface area contributed by atoms with Crippen LogP contribution in [-0.2, 0) is 4.79 Å². The Kier molecular flexibility index (Phi) is 4.91. The van der Waals surface area contributed by atoms with Crippen LogP contribution in [0.5, 0.6) is 0 Å². The molecule has 0 saturated carbocycles. The van der Waals surface area contributed by atoms with Crippen LogP contribution < -0.4 is 5.32 Å². The van der Waals surface area contributed by atoms with Crippen molar-refractivity contribution in [2.45, 2.75) is 32.2 Å². The molecule has 2 N–H and O–H groups in total. The molecule has 2 aromatic carbocycles. The highest BCUT2D eigenvalue weighted by Gasteiger charge is 2.21. The number of amides is 1. The minimum absolute atomic E-state index is 0.0165. The van der Waals surface area contributed by atoms with Gasteiger partial charge in [0.15, 0.2) is 0 Å². The SMILES string of the molecule is CC(C)NC(=O)C[C@@H](c1ccc(Cl)cc1)c1c[nH]c2ccccc12. The van der Waals surface area contributed by atoms with Crippen molar-refractivity contribution in [1.29, 1.82) is 0 Å². The Morgan fingerprint density at radius 1 is 1.12 bits per heavy atom. The first-order valence-electron chi connectivity index (χ1n) is 8.15. The Morgan fingerprint density at radius 3 is 2.54 bits per heavy atom. The van der Waals surface area contributed by atoms with Crippen molar-refractivity contribution >= 4 is 28.4 Å². The van der Waals surface area contributed by atoms with E-state index in [4.69, 9.17) is 11.6 Å². The predicted molar refractivity (Wildman–Crippen MR) is 99.5 cm³/mol. The lowest BCUT2D eigenvalue weighted by Crippen LogP contribution is -2.31. The quantitative estimate of drug-likeness (QED) is 0.684. The molecule has 0 bridgehead atoms. The number of fused-ring (bicyclic) bond motifs is 1. The van der Waals surface area contributed by atoms with Crippen LogP contribution in [0.2, 0.25) is 5.02 Å². The lowest BCUT2D eigenvalue weighted by Gasteiger charge is -2.18. The third kappa shape index (κ3) is 3.62. The van der Waals surface area contributed by atoms with E-state index in [-0.39, 0.29) is 17.9 Å². The summed E-state index contributed by atoms with van der Waals surface area (Å²) in [6.07, 6.45) is 2.41. The van der Waals surface area contributed by atoms with Crippen LogP contribution in [0.25, 0.3) is 10.9 Å². The molecule has 1 heterocycles. The molecule has 4 heteroatoms. The van der Waals surface area contributed by atoms with Crippen LogP contribution in [-0.4, -0.2) is 16.9 Å². The minimum atomic E-state index is -0.0165. The molecule has 0 unspecified atom stereocenters. The average molecular weight is 341 g/mol. The highest BCUT2D eigenvalue weighted by atomic mass is 35.5. The van der Waals surface area contributed by atoms with E-state index in [0.29, 0.717) is 11.4 Å². The molecular weight excluding hydrogens is 320 g/mol. The smallest absolute Gasteiger partial charge is 0.221 e. The normalized spacial score (nSPS) is 12.5. The fraction of sp³-hybridized carbons (Fsp3) is 0.250. The number of hydrogen-bond donors (Lipinski definition) is 2. The molecular formula is C20H21ClN2O. The molecule has 24 heavy (non-hydrogen) atoms. The van der Waals surface area contributed by atoms with Crippen LogP contribution in [0.15, 0.2) is 54.7 Å². The van der Waals surface area contributed by atoms with Crippen LogP contribution in [0.1, 0.15) is 37.3 Å². The van der Waals surface area contributed by atoms with Crippen LogP contribution in [0, 0.1) is 0 Å². The number of rotatable bonds is 5. The average Bonchev–Trinajstić information content (AvgIpc) is 2.97. The topological polar surface area (TPSA) is 44.9 Å². The molecule has 3 nitrogen and oxygen atoms in total. The number of hydrogen-bond acceptors (Lipinski definition) is 1. The molecule has 3 rings (SSSR count). The second-order valence-corrected chi connectivity index (χ2v) is 6.76. The van der Waals surface area contributed by atoms with E-state index < -0.39 is 0 Å². The summed E-state index contributed by atoms with van der Waals surface area (Å²) in [6.45, 7) is 3.95. The van der Waals surface area contributed by atoms with E-state index in [2.05, 4.69) is 16.4 Å². The largest absolute Gasteiger partial charge is 0.361 e. The van der Waals surface area contributed by atoms with Gasteiger partial charge < -0.3 is 10.3 Å². The van der Waals surface area contributed by atoms with Gasteiger partial charge >= 0.3 is 0 Å². The van der Waals surface area contributed by atoms with Crippen LogP contribution >= 0.6 is 11.6 Å². The first-order valence-corrected chi connectivity index (χ1v) is 8.53. The van der Waals surface area contributed by atoms with E-state index in [1.165, 1.54) is 0 Å². The number of aromatic nitrogens is 1. The van der Waals surface area contributed by atoms with E-state index >= 15 is 0 Å². The molecule has 1 atom stereocenters. The first kappa shape index (κ1) is 16.6. The van der Waals surface area contributed by atoms with Gasteiger partial charge in [0.05, 0.1) is 0 Å². The molecule has 3 aromatic rings. The molecule has 1 amide bonds. The van der Waals surface area contributed by atoms with Gasteiger partial charge in [0.25, 0.3) is 0 Å². The minimum Gasteiger partial charge on any atom is -0.361 e. The summed E-state index contributed by atoms with van der Waals surface area (Å²) < 4.78 is 0. The zero-order chi connectivity index (χ0) is 17.1. The maximum absolute atomic E-state index is 12.4. The summed E-state index contributed by atoms with van der Waals surface area (Å²) in [7, 11) is 0. The molecule has 0 aliphatic carbocycles. The molecule has 0 aliphatic rings. The number of nitrogens with one attached hydrogen (secondary N) is 2. The summed E-state index contributed by atoms with van der Waals surface area (Å²) in [6, 6.07) is 16.0. The Morgan fingerprint density at radius 2 is 1.83 bits per heavy atom. The van der Waals surface area contributed by atoms with Crippen molar-refractivity contribution in [1.82, 2.24) is 10.3 Å². The monoisotopic (exact) mass is 340 g/mol. The predicted octanol–water partition coefficient (Wildman–Crippen LogP) is 4.87. The van der Waals surface area contributed by atoms with Crippen molar-refractivity contribution in [3.8, 4) is 0 Å².